The Kier molecular flexibility index (Phi) is 3.47. The van der Waals surface area contributed by atoms with Gasteiger partial charge < -0.3 is 4.57 Å². The lowest BCUT2D eigenvalue weighted by atomic mass is 9.96. The lowest BCUT2D eigenvalue weighted by Gasteiger charge is -2.18. The van der Waals surface area contributed by atoms with Crippen molar-refractivity contribution in [3.05, 3.63) is 23.5 Å². The zero-order chi connectivity index (χ0) is 11.5. The standard InChI is InChI=1S/C14H21NO/c1-3-11(4-2)10-15-9-8-12-13(15)6-5-7-14(12)16/h8-9,11H,3-7,10H2,1-2H3. The zero-order valence-electron chi connectivity index (χ0n) is 10.3. The third kappa shape index (κ3) is 2.06. The van der Waals surface area contributed by atoms with Crippen LogP contribution in [0.25, 0.3) is 0 Å². The first-order valence-corrected chi connectivity index (χ1v) is 6.47. The Labute approximate surface area is 97.7 Å². The van der Waals surface area contributed by atoms with Crippen LogP contribution in [0.15, 0.2) is 12.3 Å². The van der Waals surface area contributed by atoms with Gasteiger partial charge in [0.05, 0.1) is 0 Å². The van der Waals surface area contributed by atoms with Gasteiger partial charge in [0.15, 0.2) is 5.78 Å². The van der Waals surface area contributed by atoms with Crippen LogP contribution >= 0.6 is 0 Å². The maximum Gasteiger partial charge on any atom is 0.164 e. The van der Waals surface area contributed by atoms with Gasteiger partial charge in [0.1, 0.15) is 0 Å². The predicted octanol–water partition coefficient (Wildman–Crippen LogP) is 3.44. The average molecular weight is 219 g/mol. The molecule has 2 heteroatoms. The third-order valence-corrected chi connectivity index (χ3v) is 3.81. The van der Waals surface area contributed by atoms with Crippen molar-refractivity contribution < 1.29 is 4.79 Å². The SMILES string of the molecule is CCC(CC)Cn1ccc2c1CCCC2=O. The molecule has 0 N–H and O–H groups in total. The second-order valence-corrected chi connectivity index (χ2v) is 4.79. The van der Waals surface area contributed by atoms with Gasteiger partial charge in [0.2, 0.25) is 0 Å². The molecule has 0 fully saturated rings. The monoisotopic (exact) mass is 219 g/mol. The molecule has 1 aliphatic rings. The summed E-state index contributed by atoms with van der Waals surface area (Å²) in [7, 11) is 0. The second kappa shape index (κ2) is 4.86. The fourth-order valence-corrected chi connectivity index (χ4v) is 2.58. The Morgan fingerprint density at radius 2 is 2.06 bits per heavy atom. The van der Waals surface area contributed by atoms with Crippen LogP contribution in [-0.2, 0) is 13.0 Å². The molecule has 0 unspecified atom stereocenters. The number of carbonyl (C=O) groups is 1. The minimum atomic E-state index is 0.338. The van der Waals surface area contributed by atoms with Crippen LogP contribution in [0.4, 0.5) is 0 Å². The average Bonchev–Trinajstić information content (AvgIpc) is 2.71. The molecule has 0 amide bonds. The highest BCUT2D eigenvalue weighted by molar-refractivity contribution is 5.98. The molecule has 0 saturated carbocycles. The zero-order valence-corrected chi connectivity index (χ0v) is 10.3. The molecule has 16 heavy (non-hydrogen) atoms. The lowest BCUT2D eigenvalue weighted by Crippen LogP contribution is -2.16. The van der Waals surface area contributed by atoms with E-state index in [0.717, 1.165) is 37.3 Å². The van der Waals surface area contributed by atoms with Crippen molar-refractivity contribution in [1.29, 1.82) is 0 Å². The fourth-order valence-electron chi connectivity index (χ4n) is 2.58. The van der Waals surface area contributed by atoms with E-state index in [4.69, 9.17) is 0 Å². The van der Waals surface area contributed by atoms with E-state index in [9.17, 15) is 4.79 Å². The molecule has 0 radical (unpaired) electrons. The number of Topliss-reactive ketones (excluding diaryl/α,β-unsaturated/α-hetero) is 1. The van der Waals surface area contributed by atoms with Gasteiger partial charge in [-0.1, -0.05) is 26.7 Å². The molecular formula is C14H21NO. The minimum absolute atomic E-state index is 0.338. The van der Waals surface area contributed by atoms with Crippen LogP contribution < -0.4 is 0 Å². The Balaban J connectivity index is 2.19. The topological polar surface area (TPSA) is 22.0 Å². The summed E-state index contributed by atoms with van der Waals surface area (Å²) < 4.78 is 2.31. The van der Waals surface area contributed by atoms with Crippen LogP contribution in [-0.4, -0.2) is 10.4 Å². The van der Waals surface area contributed by atoms with E-state index in [1.54, 1.807) is 0 Å². The quantitative estimate of drug-likeness (QED) is 0.760. The van der Waals surface area contributed by atoms with Gasteiger partial charge >= 0.3 is 0 Å². The summed E-state index contributed by atoms with van der Waals surface area (Å²) in [6, 6.07) is 2.01. The van der Waals surface area contributed by atoms with Crippen LogP contribution in [0.2, 0.25) is 0 Å². The summed E-state index contributed by atoms with van der Waals surface area (Å²) >= 11 is 0. The number of aromatic nitrogens is 1. The summed E-state index contributed by atoms with van der Waals surface area (Å²) in [4.78, 5) is 11.7. The number of fused-ring (bicyclic) bond motifs is 1. The number of rotatable bonds is 4. The van der Waals surface area contributed by atoms with Gasteiger partial charge in [-0.2, -0.15) is 0 Å². The summed E-state index contributed by atoms with van der Waals surface area (Å²) in [5.74, 6) is 1.08. The Morgan fingerprint density at radius 1 is 1.31 bits per heavy atom. The van der Waals surface area contributed by atoms with Crippen LogP contribution in [0, 0.1) is 5.92 Å². The number of ketones is 1. The van der Waals surface area contributed by atoms with Crippen molar-refractivity contribution in [2.75, 3.05) is 0 Å². The third-order valence-electron chi connectivity index (χ3n) is 3.81. The van der Waals surface area contributed by atoms with Crippen LogP contribution in [0.1, 0.15) is 55.6 Å². The minimum Gasteiger partial charge on any atom is -0.350 e. The number of hydrogen-bond donors (Lipinski definition) is 0. The summed E-state index contributed by atoms with van der Waals surface area (Å²) in [5.41, 5.74) is 2.26. The van der Waals surface area contributed by atoms with Gasteiger partial charge in [0, 0.05) is 30.4 Å². The molecule has 1 aliphatic carbocycles. The van der Waals surface area contributed by atoms with E-state index in [1.807, 2.05) is 6.07 Å². The summed E-state index contributed by atoms with van der Waals surface area (Å²) in [5, 5.41) is 0. The second-order valence-electron chi connectivity index (χ2n) is 4.79. The molecule has 0 aliphatic heterocycles. The fraction of sp³-hybridized carbons (Fsp3) is 0.643. The molecule has 1 aromatic heterocycles. The first-order chi connectivity index (χ1) is 7.76. The highest BCUT2D eigenvalue weighted by atomic mass is 16.1. The lowest BCUT2D eigenvalue weighted by molar-refractivity contribution is 0.0971. The highest BCUT2D eigenvalue weighted by Gasteiger charge is 2.21. The van der Waals surface area contributed by atoms with Crippen molar-refractivity contribution in [2.24, 2.45) is 5.92 Å². The maximum absolute atomic E-state index is 11.7. The number of nitrogens with zero attached hydrogens (tertiary/aromatic N) is 1. The molecular weight excluding hydrogens is 198 g/mol. The molecule has 2 rings (SSSR count). The first kappa shape index (κ1) is 11.4. The Hall–Kier alpha value is -1.05. The van der Waals surface area contributed by atoms with E-state index >= 15 is 0 Å². The van der Waals surface area contributed by atoms with E-state index in [1.165, 1.54) is 18.5 Å². The van der Waals surface area contributed by atoms with Crippen molar-refractivity contribution in [2.45, 2.75) is 52.5 Å². The molecule has 0 atom stereocenters. The normalized spacial score (nSPS) is 15.6. The van der Waals surface area contributed by atoms with Gasteiger partial charge in [-0.05, 0) is 24.8 Å². The molecule has 0 aromatic carbocycles. The molecule has 88 valence electrons. The van der Waals surface area contributed by atoms with Crippen molar-refractivity contribution >= 4 is 5.78 Å². The molecule has 2 nitrogen and oxygen atoms in total. The van der Waals surface area contributed by atoms with Crippen molar-refractivity contribution in [3.8, 4) is 0 Å². The van der Waals surface area contributed by atoms with Gasteiger partial charge in [0.25, 0.3) is 0 Å². The van der Waals surface area contributed by atoms with Crippen LogP contribution in [0.5, 0.6) is 0 Å². The van der Waals surface area contributed by atoms with Gasteiger partial charge in [-0.25, -0.2) is 0 Å². The van der Waals surface area contributed by atoms with E-state index < -0.39 is 0 Å². The number of hydrogen-bond acceptors (Lipinski definition) is 1. The molecule has 0 saturated heterocycles. The van der Waals surface area contributed by atoms with Gasteiger partial charge in [-0.3, -0.25) is 4.79 Å². The molecule has 0 spiro atoms. The van der Waals surface area contributed by atoms with Gasteiger partial charge in [-0.15, -0.1) is 0 Å². The van der Waals surface area contributed by atoms with Crippen molar-refractivity contribution in [3.63, 3.8) is 0 Å². The van der Waals surface area contributed by atoms with E-state index in [-0.39, 0.29) is 0 Å². The number of carbonyl (C=O) groups excluding carboxylic acids is 1. The Morgan fingerprint density at radius 3 is 2.75 bits per heavy atom. The smallest absolute Gasteiger partial charge is 0.164 e. The predicted molar refractivity (Wildman–Crippen MR) is 65.8 cm³/mol. The van der Waals surface area contributed by atoms with E-state index in [0.29, 0.717) is 5.78 Å². The summed E-state index contributed by atoms with van der Waals surface area (Å²) in [6.45, 7) is 5.57. The molecule has 1 aromatic rings. The molecule has 1 heterocycles. The van der Waals surface area contributed by atoms with Crippen LogP contribution in [0.3, 0.4) is 0 Å². The maximum atomic E-state index is 11.7. The van der Waals surface area contributed by atoms with Crippen molar-refractivity contribution in [1.82, 2.24) is 4.57 Å². The summed E-state index contributed by atoms with van der Waals surface area (Å²) in [6.07, 6.45) is 7.38. The first-order valence-electron chi connectivity index (χ1n) is 6.47. The highest BCUT2D eigenvalue weighted by Crippen LogP contribution is 2.24. The molecule has 0 bridgehead atoms. The van der Waals surface area contributed by atoms with E-state index in [2.05, 4.69) is 24.6 Å². The Bertz CT molecular complexity index is 374. The largest absolute Gasteiger partial charge is 0.350 e.